The summed E-state index contributed by atoms with van der Waals surface area (Å²) in [6.45, 7) is 5.03. The van der Waals surface area contributed by atoms with Gasteiger partial charge in [-0.1, -0.05) is 0 Å². The number of anilines is 1. The average molecular weight is 330 g/mol. The molecule has 0 spiro atoms. The minimum atomic E-state index is 0.525. The summed E-state index contributed by atoms with van der Waals surface area (Å²) in [5.41, 5.74) is 3.56. The summed E-state index contributed by atoms with van der Waals surface area (Å²) in [5, 5.41) is 7.12. The molecule has 1 fully saturated rings. The second-order valence-electron chi connectivity index (χ2n) is 6.39. The Balaban J connectivity index is 1.67. The molecule has 0 bridgehead atoms. The predicted octanol–water partition coefficient (Wildman–Crippen LogP) is 2.45. The van der Waals surface area contributed by atoms with Crippen molar-refractivity contribution in [3.8, 4) is 11.5 Å². The van der Waals surface area contributed by atoms with Gasteiger partial charge in [-0.2, -0.15) is 5.10 Å². The third-order valence-corrected chi connectivity index (χ3v) is 4.84. The van der Waals surface area contributed by atoms with Crippen molar-refractivity contribution >= 4 is 5.69 Å². The normalized spacial score (nSPS) is 17.5. The van der Waals surface area contributed by atoms with E-state index in [1.54, 1.807) is 14.2 Å². The maximum absolute atomic E-state index is 5.39. The van der Waals surface area contributed by atoms with Crippen LogP contribution in [0.2, 0.25) is 0 Å². The van der Waals surface area contributed by atoms with Crippen LogP contribution in [0.3, 0.4) is 0 Å². The van der Waals surface area contributed by atoms with Crippen LogP contribution in [-0.4, -0.2) is 55.5 Å². The minimum Gasteiger partial charge on any atom is -0.497 e. The molecule has 1 aliphatic rings. The lowest BCUT2D eigenvalue weighted by atomic mass is 10.2. The van der Waals surface area contributed by atoms with Crippen molar-refractivity contribution in [3.63, 3.8) is 0 Å². The summed E-state index contributed by atoms with van der Waals surface area (Å²) in [6.07, 6.45) is 3.07. The van der Waals surface area contributed by atoms with Gasteiger partial charge in [-0.3, -0.25) is 10.00 Å². The Labute approximate surface area is 143 Å². The molecular weight excluding hydrogens is 304 g/mol. The van der Waals surface area contributed by atoms with Gasteiger partial charge in [0, 0.05) is 60.8 Å². The molecule has 6 nitrogen and oxygen atoms in total. The first-order valence-electron chi connectivity index (χ1n) is 8.28. The van der Waals surface area contributed by atoms with Crippen molar-refractivity contribution in [2.75, 3.05) is 39.3 Å². The number of nitrogens with zero attached hydrogens (tertiary/aromatic N) is 3. The SMILES string of the molecule is COc1cc(OC)cc(N2CCC(N(C)Cc3cn[nH]c3C)C2)c1. The van der Waals surface area contributed by atoms with Crippen molar-refractivity contribution in [3.05, 3.63) is 35.7 Å². The van der Waals surface area contributed by atoms with Gasteiger partial charge < -0.3 is 14.4 Å². The zero-order valence-corrected chi connectivity index (χ0v) is 14.9. The first-order chi connectivity index (χ1) is 11.6. The molecule has 24 heavy (non-hydrogen) atoms. The molecule has 3 rings (SSSR count). The van der Waals surface area contributed by atoms with Crippen LogP contribution in [0.1, 0.15) is 17.7 Å². The number of ether oxygens (including phenoxy) is 2. The number of rotatable bonds is 6. The molecule has 1 aromatic heterocycles. The lowest BCUT2D eigenvalue weighted by Crippen LogP contribution is -2.34. The van der Waals surface area contributed by atoms with Gasteiger partial charge in [-0.15, -0.1) is 0 Å². The van der Waals surface area contributed by atoms with Gasteiger partial charge in [-0.05, 0) is 20.4 Å². The monoisotopic (exact) mass is 330 g/mol. The maximum atomic E-state index is 5.39. The van der Waals surface area contributed by atoms with Gasteiger partial charge in [0.25, 0.3) is 0 Å². The lowest BCUT2D eigenvalue weighted by molar-refractivity contribution is 0.250. The van der Waals surface area contributed by atoms with Gasteiger partial charge >= 0.3 is 0 Å². The van der Waals surface area contributed by atoms with Crippen LogP contribution >= 0.6 is 0 Å². The second kappa shape index (κ2) is 7.13. The number of methoxy groups -OCH3 is 2. The summed E-state index contributed by atoms with van der Waals surface area (Å²) < 4.78 is 10.8. The molecule has 0 saturated carbocycles. The number of benzene rings is 1. The van der Waals surface area contributed by atoms with Gasteiger partial charge in [0.1, 0.15) is 11.5 Å². The Kier molecular flexibility index (Phi) is 4.94. The van der Waals surface area contributed by atoms with E-state index in [1.165, 1.54) is 5.56 Å². The molecule has 6 heteroatoms. The Morgan fingerprint density at radius 2 is 1.96 bits per heavy atom. The van der Waals surface area contributed by atoms with Crippen LogP contribution in [0.4, 0.5) is 5.69 Å². The molecule has 2 aromatic rings. The first-order valence-corrected chi connectivity index (χ1v) is 8.28. The molecule has 0 amide bonds. The van der Waals surface area contributed by atoms with Gasteiger partial charge in [-0.25, -0.2) is 0 Å². The van der Waals surface area contributed by atoms with Gasteiger partial charge in [0.05, 0.1) is 20.4 Å². The van der Waals surface area contributed by atoms with E-state index in [2.05, 4.69) is 46.1 Å². The van der Waals surface area contributed by atoms with Crippen LogP contribution in [-0.2, 0) is 6.54 Å². The van der Waals surface area contributed by atoms with Crippen molar-refractivity contribution in [1.29, 1.82) is 0 Å². The molecule has 130 valence electrons. The van der Waals surface area contributed by atoms with Crippen LogP contribution in [0.25, 0.3) is 0 Å². The van der Waals surface area contributed by atoms with E-state index < -0.39 is 0 Å². The topological polar surface area (TPSA) is 53.6 Å². The van der Waals surface area contributed by atoms with Crippen molar-refractivity contribution in [2.24, 2.45) is 0 Å². The third kappa shape index (κ3) is 3.48. The third-order valence-electron chi connectivity index (χ3n) is 4.84. The quantitative estimate of drug-likeness (QED) is 0.882. The van der Waals surface area contributed by atoms with E-state index in [0.717, 1.165) is 48.9 Å². The van der Waals surface area contributed by atoms with E-state index >= 15 is 0 Å². The highest BCUT2D eigenvalue weighted by Crippen LogP contribution is 2.31. The Morgan fingerprint density at radius 3 is 2.54 bits per heavy atom. The largest absolute Gasteiger partial charge is 0.497 e. The molecule has 1 N–H and O–H groups in total. The molecule has 1 atom stereocenters. The molecule has 1 aromatic carbocycles. The van der Waals surface area contributed by atoms with Crippen LogP contribution in [0.5, 0.6) is 11.5 Å². The van der Waals surface area contributed by atoms with Gasteiger partial charge in [0.2, 0.25) is 0 Å². The zero-order valence-electron chi connectivity index (χ0n) is 14.9. The van der Waals surface area contributed by atoms with E-state index in [-0.39, 0.29) is 0 Å². The Morgan fingerprint density at radius 1 is 1.25 bits per heavy atom. The number of H-pyrrole nitrogens is 1. The molecule has 1 saturated heterocycles. The second-order valence-corrected chi connectivity index (χ2v) is 6.39. The number of nitrogens with one attached hydrogen (secondary N) is 1. The molecule has 0 radical (unpaired) electrons. The fraction of sp³-hybridized carbons (Fsp3) is 0.500. The summed E-state index contributed by atoms with van der Waals surface area (Å²) in [5.74, 6) is 1.66. The number of hydrogen-bond acceptors (Lipinski definition) is 5. The fourth-order valence-corrected chi connectivity index (χ4v) is 3.24. The van der Waals surface area contributed by atoms with Crippen molar-refractivity contribution < 1.29 is 9.47 Å². The highest BCUT2D eigenvalue weighted by Gasteiger charge is 2.27. The lowest BCUT2D eigenvalue weighted by Gasteiger charge is -2.25. The number of hydrogen-bond donors (Lipinski definition) is 1. The molecular formula is C18H26N4O2. The van der Waals surface area contributed by atoms with Crippen LogP contribution in [0.15, 0.2) is 24.4 Å². The standard InChI is InChI=1S/C18H26N4O2/c1-13-14(10-19-20-13)11-21(2)15-5-6-22(12-15)16-7-17(23-3)9-18(8-16)24-4/h7-10,15H,5-6,11-12H2,1-4H3,(H,19,20). The molecule has 0 aliphatic carbocycles. The van der Waals surface area contributed by atoms with Gasteiger partial charge in [0.15, 0.2) is 0 Å². The zero-order chi connectivity index (χ0) is 17.1. The maximum Gasteiger partial charge on any atom is 0.124 e. The number of aromatic nitrogens is 2. The summed E-state index contributed by atoms with van der Waals surface area (Å²) in [4.78, 5) is 4.81. The van der Waals surface area contributed by atoms with Crippen molar-refractivity contribution in [1.82, 2.24) is 15.1 Å². The van der Waals surface area contributed by atoms with E-state index in [1.807, 2.05) is 12.3 Å². The highest BCUT2D eigenvalue weighted by atomic mass is 16.5. The van der Waals surface area contributed by atoms with Crippen LogP contribution < -0.4 is 14.4 Å². The molecule has 1 aliphatic heterocycles. The average Bonchev–Trinajstić information content (AvgIpc) is 3.24. The summed E-state index contributed by atoms with van der Waals surface area (Å²) in [7, 11) is 5.56. The first kappa shape index (κ1) is 16.6. The van der Waals surface area contributed by atoms with E-state index in [9.17, 15) is 0 Å². The number of aryl methyl sites for hydroxylation is 1. The Hall–Kier alpha value is -2.21. The van der Waals surface area contributed by atoms with E-state index in [4.69, 9.17) is 9.47 Å². The number of likely N-dealkylation sites (N-methyl/N-ethyl adjacent to an activating group) is 1. The Bertz CT molecular complexity index is 663. The predicted molar refractivity (Wildman–Crippen MR) is 95.0 cm³/mol. The fourth-order valence-electron chi connectivity index (χ4n) is 3.24. The highest BCUT2D eigenvalue weighted by molar-refractivity contribution is 5.56. The van der Waals surface area contributed by atoms with E-state index in [0.29, 0.717) is 6.04 Å². The minimum absolute atomic E-state index is 0.525. The van der Waals surface area contributed by atoms with Crippen LogP contribution in [0, 0.1) is 6.92 Å². The smallest absolute Gasteiger partial charge is 0.124 e. The molecule has 1 unspecified atom stereocenters. The number of aromatic amines is 1. The van der Waals surface area contributed by atoms with Crippen molar-refractivity contribution in [2.45, 2.75) is 25.9 Å². The molecule has 2 heterocycles. The summed E-state index contributed by atoms with van der Waals surface area (Å²) in [6, 6.07) is 6.58. The summed E-state index contributed by atoms with van der Waals surface area (Å²) >= 11 is 0.